The van der Waals surface area contributed by atoms with E-state index in [4.69, 9.17) is 0 Å². The van der Waals surface area contributed by atoms with E-state index in [9.17, 15) is 0 Å². The molecule has 0 aromatic carbocycles. The van der Waals surface area contributed by atoms with Gasteiger partial charge in [-0.25, -0.2) is 0 Å². The molecule has 6 heavy (non-hydrogen) atoms. The van der Waals surface area contributed by atoms with Gasteiger partial charge in [-0.05, 0) is 0 Å². The van der Waals surface area contributed by atoms with Crippen LogP contribution >= 0.6 is 0 Å². The van der Waals surface area contributed by atoms with Gasteiger partial charge in [-0.2, -0.15) is 18.3 Å². The average Bonchev–Trinajstić information content (AvgIpc) is 1.76. The molecule has 1 rings (SSSR count). The van der Waals surface area contributed by atoms with Crippen molar-refractivity contribution in [3.05, 3.63) is 24.5 Å². The summed E-state index contributed by atoms with van der Waals surface area (Å²) in [7, 11) is 0. The van der Waals surface area contributed by atoms with Crippen molar-refractivity contribution in [2.24, 2.45) is 0 Å². The monoisotopic (exact) mass is 169 g/mol. The van der Waals surface area contributed by atoms with Crippen LogP contribution in [0.1, 0.15) is 0 Å². The Balaban J connectivity index is 0.000000250. The van der Waals surface area contributed by atoms with E-state index < -0.39 is 0 Å². The minimum atomic E-state index is 0. The van der Waals surface area contributed by atoms with Crippen molar-refractivity contribution in [3.8, 4) is 0 Å². The van der Waals surface area contributed by atoms with Crippen LogP contribution in [0.5, 0.6) is 0 Å². The molecule has 0 bridgehead atoms. The summed E-state index contributed by atoms with van der Waals surface area (Å²) in [5.74, 6) is 0. The average molecular weight is 169 g/mol. The molecule has 1 aromatic rings. The van der Waals surface area contributed by atoms with Gasteiger partial charge in [0.2, 0.25) is 0 Å². The first kappa shape index (κ1) is 5.90. The molecule has 1 heterocycles. The maximum absolute atomic E-state index is 2.74. The number of hydrogen-bond donors (Lipinski definition) is 1. The molecule has 0 saturated carbocycles. The van der Waals surface area contributed by atoms with E-state index in [2.05, 4.69) is 11.2 Å². The minimum absolute atomic E-state index is 0. The van der Waals surface area contributed by atoms with E-state index >= 15 is 0 Å². The van der Waals surface area contributed by atoms with Gasteiger partial charge in [0.25, 0.3) is 0 Å². The van der Waals surface area contributed by atoms with Crippen LogP contribution in [-0.4, -0.2) is 4.98 Å². The van der Waals surface area contributed by atoms with Gasteiger partial charge >= 0.3 is 0 Å². The van der Waals surface area contributed by atoms with Crippen LogP contribution in [0.4, 0.5) is 0 Å². The SMILES string of the molecule is [Rh].[c-]1ccc[nH]1. The van der Waals surface area contributed by atoms with Crippen molar-refractivity contribution < 1.29 is 19.5 Å². The molecule has 1 radical (unpaired) electrons. The Morgan fingerprint density at radius 2 is 2.33 bits per heavy atom. The normalized spacial score (nSPS) is 6.67. The molecule has 0 unspecified atom stereocenters. The summed E-state index contributed by atoms with van der Waals surface area (Å²) in [5.41, 5.74) is 0. The molecule has 0 spiro atoms. The van der Waals surface area contributed by atoms with Gasteiger partial charge in [0, 0.05) is 19.5 Å². The number of hydrogen-bond acceptors (Lipinski definition) is 0. The Morgan fingerprint density at radius 1 is 1.50 bits per heavy atom. The van der Waals surface area contributed by atoms with Crippen LogP contribution in [-0.2, 0) is 19.5 Å². The molecule has 0 aliphatic carbocycles. The Morgan fingerprint density at radius 3 is 2.50 bits per heavy atom. The zero-order valence-electron chi connectivity index (χ0n) is 3.07. The summed E-state index contributed by atoms with van der Waals surface area (Å²) in [5, 5.41) is 0. The van der Waals surface area contributed by atoms with E-state index in [1.165, 1.54) is 0 Å². The maximum atomic E-state index is 2.74. The van der Waals surface area contributed by atoms with Crippen LogP contribution in [0, 0.1) is 6.20 Å². The van der Waals surface area contributed by atoms with Gasteiger partial charge in [-0.3, -0.25) is 0 Å². The summed E-state index contributed by atoms with van der Waals surface area (Å²) in [4.78, 5) is 2.74. The number of rotatable bonds is 0. The second-order valence-electron chi connectivity index (χ2n) is 0.814. The fourth-order valence-electron chi connectivity index (χ4n) is 0.241. The zero-order valence-corrected chi connectivity index (χ0v) is 4.70. The molecular formula is C4H4NRh-. The number of aromatic amines is 1. The van der Waals surface area contributed by atoms with Crippen LogP contribution in [0.3, 0.4) is 0 Å². The molecule has 0 saturated heterocycles. The standard InChI is InChI=1S/C4H4N.Rh/c1-2-4-5-3-1;/h1-3,5H;/q-1;. The smallest absolute Gasteiger partial charge is 0 e. The third kappa shape index (κ3) is 1.37. The molecule has 0 atom stereocenters. The number of H-pyrrole nitrogens is 1. The number of nitrogens with one attached hydrogen (secondary N) is 1. The molecule has 1 aromatic heterocycles. The predicted octanol–water partition coefficient (Wildman–Crippen LogP) is 0.812. The molecule has 0 amide bonds. The van der Waals surface area contributed by atoms with Crippen LogP contribution in [0.15, 0.2) is 18.3 Å². The summed E-state index contributed by atoms with van der Waals surface area (Å²) in [6.07, 6.45) is 4.56. The topological polar surface area (TPSA) is 15.8 Å². The van der Waals surface area contributed by atoms with E-state index in [0.29, 0.717) is 0 Å². The van der Waals surface area contributed by atoms with Crippen molar-refractivity contribution in [1.82, 2.24) is 4.98 Å². The molecule has 0 fully saturated rings. The zero-order chi connectivity index (χ0) is 3.54. The molecule has 0 aliphatic heterocycles. The number of aromatic nitrogens is 1. The van der Waals surface area contributed by atoms with Gasteiger partial charge in [-0.1, -0.05) is 0 Å². The summed E-state index contributed by atoms with van der Waals surface area (Å²) in [6.45, 7) is 0. The molecular weight excluding hydrogens is 165 g/mol. The van der Waals surface area contributed by atoms with Gasteiger partial charge < -0.3 is 4.98 Å². The Kier molecular flexibility index (Phi) is 3.06. The first-order chi connectivity index (χ1) is 2.50. The third-order valence-electron chi connectivity index (χ3n) is 0.442. The van der Waals surface area contributed by atoms with Gasteiger partial charge in [0.05, 0.1) is 0 Å². The van der Waals surface area contributed by atoms with Crippen molar-refractivity contribution in [2.75, 3.05) is 0 Å². The van der Waals surface area contributed by atoms with Gasteiger partial charge in [0.1, 0.15) is 0 Å². The minimum Gasteiger partial charge on any atom is -0.484 e. The molecule has 1 N–H and O–H groups in total. The largest absolute Gasteiger partial charge is 0.484 e. The van der Waals surface area contributed by atoms with Crippen LogP contribution < -0.4 is 0 Å². The molecule has 35 valence electrons. The van der Waals surface area contributed by atoms with Crippen molar-refractivity contribution >= 4 is 0 Å². The molecule has 0 aliphatic rings. The van der Waals surface area contributed by atoms with E-state index in [0.717, 1.165) is 0 Å². The van der Waals surface area contributed by atoms with Crippen molar-refractivity contribution in [2.45, 2.75) is 0 Å². The van der Waals surface area contributed by atoms with E-state index in [-0.39, 0.29) is 19.5 Å². The maximum Gasteiger partial charge on any atom is 0 e. The van der Waals surface area contributed by atoms with Crippen LogP contribution in [0.2, 0.25) is 0 Å². The predicted molar refractivity (Wildman–Crippen MR) is 19.6 cm³/mol. The second-order valence-corrected chi connectivity index (χ2v) is 0.814. The van der Waals surface area contributed by atoms with Gasteiger partial charge in [0.15, 0.2) is 0 Å². The van der Waals surface area contributed by atoms with E-state index in [1.807, 2.05) is 18.3 Å². The van der Waals surface area contributed by atoms with E-state index in [1.54, 1.807) is 0 Å². The van der Waals surface area contributed by atoms with Crippen LogP contribution in [0.25, 0.3) is 0 Å². The fourth-order valence-corrected chi connectivity index (χ4v) is 0.241. The van der Waals surface area contributed by atoms with Gasteiger partial charge in [-0.15, -0.1) is 6.20 Å². The molecule has 2 heteroatoms. The second kappa shape index (κ2) is 3.11. The van der Waals surface area contributed by atoms with Crippen molar-refractivity contribution in [3.63, 3.8) is 0 Å². The first-order valence-electron chi connectivity index (χ1n) is 1.49. The third-order valence-corrected chi connectivity index (χ3v) is 0.442. The Bertz CT molecular complexity index is 64.0. The first-order valence-corrected chi connectivity index (χ1v) is 1.49. The fraction of sp³-hybridized carbons (Fsp3) is 0. The summed E-state index contributed by atoms with van der Waals surface area (Å²) >= 11 is 0. The molecule has 1 nitrogen and oxygen atoms in total. The van der Waals surface area contributed by atoms with Crippen molar-refractivity contribution in [1.29, 1.82) is 0 Å². The Hall–Kier alpha value is -0.0966. The Labute approximate surface area is 49.5 Å². The quantitative estimate of drug-likeness (QED) is 0.437. The summed E-state index contributed by atoms with van der Waals surface area (Å²) in [6, 6.07) is 3.71. The summed E-state index contributed by atoms with van der Waals surface area (Å²) < 4.78 is 0.